The van der Waals surface area contributed by atoms with E-state index in [-0.39, 0.29) is 12.5 Å². The normalized spacial score (nSPS) is 15.4. The largest absolute Gasteiger partial charge is 0.366 e. The van der Waals surface area contributed by atoms with Crippen LogP contribution < -0.4 is 15.1 Å². The quantitative estimate of drug-likeness (QED) is 0.269. The molecular formula is C29H44N4O4. The summed E-state index contributed by atoms with van der Waals surface area (Å²) in [7, 11) is 5.64. The minimum Gasteiger partial charge on any atom is -0.366 e. The van der Waals surface area contributed by atoms with Crippen LogP contribution in [0.4, 0.5) is 11.4 Å². The van der Waals surface area contributed by atoms with Crippen molar-refractivity contribution in [1.29, 1.82) is 0 Å². The number of anilines is 2. The van der Waals surface area contributed by atoms with Crippen molar-refractivity contribution < 1.29 is 19.1 Å². The number of hydrogen-bond donors (Lipinski definition) is 1. The number of hydrogen-bond acceptors (Lipinski definition) is 7. The van der Waals surface area contributed by atoms with Crippen LogP contribution >= 0.6 is 0 Å². The first kappa shape index (κ1) is 30.5. The molecule has 1 aromatic carbocycles. The maximum absolute atomic E-state index is 11.7. The van der Waals surface area contributed by atoms with Gasteiger partial charge in [0.05, 0.1) is 29.1 Å². The second-order valence-corrected chi connectivity index (χ2v) is 9.84. The van der Waals surface area contributed by atoms with Gasteiger partial charge in [-0.05, 0) is 70.3 Å². The van der Waals surface area contributed by atoms with Crippen molar-refractivity contribution in [3.05, 3.63) is 23.8 Å². The Bertz CT molecular complexity index is 907. The molecule has 8 nitrogen and oxygen atoms in total. The van der Waals surface area contributed by atoms with Crippen molar-refractivity contribution in [2.24, 2.45) is 5.92 Å². The van der Waals surface area contributed by atoms with E-state index in [4.69, 9.17) is 4.74 Å². The van der Waals surface area contributed by atoms with Crippen molar-refractivity contribution in [3.8, 4) is 11.8 Å². The van der Waals surface area contributed by atoms with Gasteiger partial charge >= 0.3 is 0 Å². The van der Waals surface area contributed by atoms with Crippen LogP contribution in [0.1, 0.15) is 51.0 Å². The van der Waals surface area contributed by atoms with Crippen LogP contribution in [0, 0.1) is 17.8 Å². The van der Waals surface area contributed by atoms with Gasteiger partial charge in [0, 0.05) is 33.6 Å². The fourth-order valence-corrected chi connectivity index (χ4v) is 4.77. The average Bonchev–Trinajstić information content (AvgIpc) is 2.92. The number of carbonyl (C=O) groups excluding carboxylic acids is 3. The highest BCUT2D eigenvalue weighted by Gasteiger charge is 2.21. The molecule has 2 atom stereocenters. The number of nitrogens with zero attached hydrogens (tertiary/aromatic N) is 3. The minimum absolute atomic E-state index is 0.144. The molecule has 1 saturated heterocycles. The van der Waals surface area contributed by atoms with Gasteiger partial charge in [-0.3, -0.25) is 4.79 Å². The molecule has 0 aliphatic carbocycles. The molecule has 0 aromatic heterocycles. The Balaban J connectivity index is 2.02. The van der Waals surface area contributed by atoms with E-state index in [1.165, 1.54) is 17.7 Å². The van der Waals surface area contributed by atoms with Crippen LogP contribution in [-0.4, -0.2) is 90.0 Å². The number of piperidine rings is 1. The Morgan fingerprint density at radius 2 is 1.89 bits per heavy atom. The molecular weight excluding hydrogens is 468 g/mol. The summed E-state index contributed by atoms with van der Waals surface area (Å²) in [6.45, 7) is 6.82. The van der Waals surface area contributed by atoms with Gasteiger partial charge in [0.15, 0.2) is 0 Å². The minimum atomic E-state index is -0.478. The fraction of sp³-hybridized carbons (Fsp3) is 0.621. The van der Waals surface area contributed by atoms with E-state index >= 15 is 0 Å². The maximum Gasteiger partial charge on any atom is 0.213 e. The summed E-state index contributed by atoms with van der Waals surface area (Å²) in [5.41, 5.74) is 2.00. The van der Waals surface area contributed by atoms with Gasteiger partial charge in [0.1, 0.15) is 19.2 Å². The van der Waals surface area contributed by atoms with Gasteiger partial charge in [-0.2, -0.15) is 0 Å². The van der Waals surface area contributed by atoms with Crippen LogP contribution in [0.5, 0.6) is 0 Å². The molecule has 2 unspecified atom stereocenters. The number of ether oxygens (including phenoxy) is 1. The highest BCUT2D eigenvalue weighted by Crippen LogP contribution is 2.32. The third-order valence-corrected chi connectivity index (χ3v) is 7.07. The molecule has 1 heterocycles. The lowest BCUT2D eigenvalue weighted by molar-refractivity contribution is -0.110. The van der Waals surface area contributed by atoms with Crippen LogP contribution in [0.25, 0.3) is 0 Å². The number of amides is 1. The number of carbonyl (C=O) groups is 3. The van der Waals surface area contributed by atoms with Gasteiger partial charge in [-0.1, -0.05) is 24.8 Å². The van der Waals surface area contributed by atoms with E-state index in [0.29, 0.717) is 30.0 Å². The van der Waals surface area contributed by atoms with E-state index in [0.717, 1.165) is 63.9 Å². The highest BCUT2D eigenvalue weighted by atomic mass is 16.5. The lowest BCUT2D eigenvalue weighted by atomic mass is 9.97. The van der Waals surface area contributed by atoms with E-state index in [1.807, 2.05) is 18.2 Å². The number of benzene rings is 1. The molecule has 0 saturated carbocycles. The summed E-state index contributed by atoms with van der Waals surface area (Å²) in [4.78, 5) is 39.8. The van der Waals surface area contributed by atoms with Crippen molar-refractivity contribution in [2.45, 2.75) is 57.6 Å². The second kappa shape index (κ2) is 16.9. The lowest BCUT2D eigenvalue weighted by Gasteiger charge is -2.30. The van der Waals surface area contributed by atoms with Gasteiger partial charge < -0.3 is 34.3 Å². The van der Waals surface area contributed by atoms with Crippen LogP contribution in [0.2, 0.25) is 0 Å². The Kier molecular flexibility index (Phi) is 13.9. The summed E-state index contributed by atoms with van der Waals surface area (Å²) in [6, 6.07) is 5.08. The topological polar surface area (TPSA) is 82.2 Å². The predicted molar refractivity (Wildman–Crippen MR) is 149 cm³/mol. The molecule has 0 radical (unpaired) electrons. The van der Waals surface area contributed by atoms with Crippen LogP contribution in [-0.2, 0) is 19.1 Å². The SMILES string of the molecule is CCC(CCN(C)CC1CCNCC1)OCC#Cc1cccc(N(C)C(C=O)CCC=O)c1N(C)C=O. The molecule has 2 rings (SSSR count). The molecule has 1 amide bonds. The van der Waals surface area contributed by atoms with Crippen molar-refractivity contribution in [2.75, 3.05) is 63.7 Å². The second-order valence-electron chi connectivity index (χ2n) is 9.84. The van der Waals surface area contributed by atoms with Gasteiger partial charge in [0.25, 0.3) is 0 Å². The monoisotopic (exact) mass is 512 g/mol. The summed E-state index contributed by atoms with van der Waals surface area (Å²) < 4.78 is 6.07. The standard InChI is InChI=1S/C29H44N4O4/c1-5-27(15-18-31(2)21-24-13-16-30-17-14-24)37-20-8-10-25-9-6-12-28(29(25)32(3)23-36)33(4)26(22-35)11-7-19-34/h6,9,12,19,22-24,26-27,30H,5,7,11,13-18,20-21H2,1-4H3. The summed E-state index contributed by atoms with van der Waals surface area (Å²) in [6.07, 6.45) is 7.59. The summed E-state index contributed by atoms with van der Waals surface area (Å²) >= 11 is 0. The number of rotatable bonds is 16. The molecule has 0 spiro atoms. The maximum atomic E-state index is 11.7. The van der Waals surface area contributed by atoms with Gasteiger partial charge in [-0.25, -0.2) is 0 Å². The van der Waals surface area contributed by atoms with E-state index in [2.05, 4.69) is 36.0 Å². The number of para-hydroxylation sites is 1. The smallest absolute Gasteiger partial charge is 0.213 e. The predicted octanol–water partition coefficient (Wildman–Crippen LogP) is 2.73. The van der Waals surface area contributed by atoms with Gasteiger partial charge in [-0.15, -0.1) is 0 Å². The number of aldehydes is 2. The van der Waals surface area contributed by atoms with Crippen LogP contribution in [0.15, 0.2) is 18.2 Å². The molecule has 1 N–H and O–H groups in total. The Morgan fingerprint density at radius 1 is 1.14 bits per heavy atom. The molecule has 37 heavy (non-hydrogen) atoms. The average molecular weight is 513 g/mol. The molecule has 1 aromatic rings. The molecule has 1 aliphatic rings. The number of nitrogens with one attached hydrogen (secondary N) is 1. The number of likely N-dealkylation sites (N-methyl/N-ethyl adjacent to an activating group) is 1. The zero-order valence-corrected chi connectivity index (χ0v) is 22.9. The van der Waals surface area contributed by atoms with Crippen LogP contribution in [0.3, 0.4) is 0 Å². The molecule has 1 aliphatic heterocycles. The van der Waals surface area contributed by atoms with E-state index in [9.17, 15) is 14.4 Å². The molecule has 0 bridgehead atoms. The summed E-state index contributed by atoms with van der Waals surface area (Å²) in [5.74, 6) is 7.05. The zero-order valence-electron chi connectivity index (χ0n) is 22.9. The molecule has 8 heteroatoms. The third-order valence-electron chi connectivity index (χ3n) is 7.07. The first-order valence-corrected chi connectivity index (χ1v) is 13.4. The fourth-order valence-electron chi connectivity index (χ4n) is 4.77. The Morgan fingerprint density at radius 3 is 2.54 bits per heavy atom. The van der Waals surface area contributed by atoms with E-state index < -0.39 is 6.04 Å². The van der Waals surface area contributed by atoms with Crippen molar-refractivity contribution >= 4 is 30.4 Å². The van der Waals surface area contributed by atoms with E-state index in [1.54, 1.807) is 19.0 Å². The first-order valence-electron chi connectivity index (χ1n) is 13.4. The summed E-state index contributed by atoms with van der Waals surface area (Å²) in [5, 5.41) is 3.42. The zero-order chi connectivity index (χ0) is 27.0. The third kappa shape index (κ3) is 9.92. The first-order chi connectivity index (χ1) is 17.9. The highest BCUT2D eigenvalue weighted by molar-refractivity contribution is 5.88. The molecule has 1 fully saturated rings. The lowest BCUT2D eigenvalue weighted by Crippen LogP contribution is -2.35. The Labute approximate surface area is 222 Å². The molecule has 204 valence electrons. The Hall–Kier alpha value is -2.73. The van der Waals surface area contributed by atoms with Gasteiger partial charge in [0.2, 0.25) is 6.41 Å². The van der Waals surface area contributed by atoms with Crippen molar-refractivity contribution in [1.82, 2.24) is 10.2 Å². The van der Waals surface area contributed by atoms with Crippen molar-refractivity contribution in [3.63, 3.8) is 0 Å².